The molecule has 1 fully saturated rings. The van der Waals surface area contributed by atoms with Crippen LogP contribution in [0.1, 0.15) is 28.8 Å². The van der Waals surface area contributed by atoms with E-state index in [0.717, 1.165) is 28.4 Å². The van der Waals surface area contributed by atoms with E-state index in [-0.39, 0.29) is 10.8 Å². The predicted octanol–water partition coefficient (Wildman–Crippen LogP) is 3.37. The number of amides is 1. The fourth-order valence-corrected chi connectivity index (χ4v) is 5.18. The Bertz CT molecular complexity index is 1180. The lowest BCUT2D eigenvalue weighted by Gasteiger charge is -2.11. The van der Waals surface area contributed by atoms with Crippen LogP contribution < -0.4 is 14.9 Å². The Morgan fingerprint density at radius 1 is 1.14 bits per heavy atom. The Balaban J connectivity index is 1.59. The lowest BCUT2D eigenvalue weighted by Crippen LogP contribution is -2.20. The number of fused-ring (bicyclic) bond motifs is 1. The molecule has 9 heteroatoms. The van der Waals surface area contributed by atoms with Crippen molar-refractivity contribution in [1.82, 2.24) is 9.71 Å². The summed E-state index contributed by atoms with van der Waals surface area (Å²) in [6.07, 6.45) is 2.39. The van der Waals surface area contributed by atoms with E-state index in [4.69, 9.17) is 4.98 Å². The smallest absolute Gasteiger partial charge is 0.255 e. The number of thiazole rings is 1. The molecule has 0 saturated carbocycles. The molecular weight excluding hydrogens is 408 g/mol. The van der Waals surface area contributed by atoms with Gasteiger partial charge in [-0.15, -0.1) is 0 Å². The van der Waals surface area contributed by atoms with Crippen molar-refractivity contribution in [2.24, 2.45) is 0 Å². The first-order valence-corrected chi connectivity index (χ1v) is 11.7. The molecule has 0 unspecified atom stereocenters. The summed E-state index contributed by atoms with van der Waals surface area (Å²) in [5.41, 5.74) is 2.59. The zero-order valence-electron chi connectivity index (χ0n) is 16.2. The van der Waals surface area contributed by atoms with E-state index >= 15 is 0 Å². The molecule has 1 aliphatic rings. The van der Waals surface area contributed by atoms with Crippen LogP contribution in [0.5, 0.6) is 0 Å². The molecule has 0 spiro atoms. The van der Waals surface area contributed by atoms with Gasteiger partial charge in [0.05, 0.1) is 15.1 Å². The third kappa shape index (κ3) is 3.98. The molecule has 1 aromatic heterocycles. The summed E-state index contributed by atoms with van der Waals surface area (Å²) in [5.74, 6) is -0.348. The topological polar surface area (TPSA) is 91.4 Å². The molecule has 3 aromatic rings. The number of nitrogens with zero attached hydrogens (tertiary/aromatic N) is 2. The molecule has 29 heavy (non-hydrogen) atoms. The molecule has 2 N–H and O–H groups in total. The quantitative estimate of drug-likeness (QED) is 0.648. The number of benzene rings is 2. The third-order valence-corrected chi connectivity index (χ3v) is 7.54. The van der Waals surface area contributed by atoms with E-state index in [1.165, 1.54) is 32.0 Å². The largest absolute Gasteiger partial charge is 0.348 e. The van der Waals surface area contributed by atoms with Crippen LogP contribution in [-0.4, -0.2) is 39.4 Å². The van der Waals surface area contributed by atoms with Crippen molar-refractivity contribution in [3.63, 3.8) is 0 Å². The van der Waals surface area contributed by atoms with Crippen LogP contribution in [0, 0.1) is 6.92 Å². The minimum Gasteiger partial charge on any atom is -0.348 e. The molecule has 152 valence electrons. The van der Waals surface area contributed by atoms with Crippen molar-refractivity contribution in [2.45, 2.75) is 24.7 Å². The van der Waals surface area contributed by atoms with Crippen LogP contribution in [0.2, 0.25) is 0 Å². The molecule has 0 aliphatic carbocycles. The maximum atomic E-state index is 12.8. The highest BCUT2D eigenvalue weighted by atomic mass is 32.2. The molecule has 1 aliphatic heterocycles. The molecule has 0 radical (unpaired) electrons. The van der Waals surface area contributed by atoms with E-state index < -0.39 is 10.0 Å². The van der Waals surface area contributed by atoms with Crippen LogP contribution in [0.25, 0.3) is 10.2 Å². The van der Waals surface area contributed by atoms with Crippen molar-refractivity contribution in [2.75, 3.05) is 30.4 Å². The van der Waals surface area contributed by atoms with E-state index in [9.17, 15) is 13.2 Å². The van der Waals surface area contributed by atoms with Crippen LogP contribution >= 0.6 is 11.3 Å². The molecule has 2 heterocycles. The summed E-state index contributed by atoms with van der Waals surface area (Å²) in [5, 5.41) is 3.89. The number of hydrogen-bond acceptors (Lipinski definition) is 6. The number of rotatable bonds is 5. The normalized spacial score (nSPS) is 14.5. The second-order valence-corrected chi connectivity index (χ2v) is 9.91. The number of carbonyl (C=O) groups is 1. The van der Waals surface area contributed by atoms with E-state index in [1.54, 1.807) is 24.3 Å². The van der Waals surface area contributed by atoms with Crippen molar-refractivity contribution >= 4 is 48.3 Å². The second-order valence-electron chi connectivity index (χ2n) is 7.01. The molecule has 4 rings (SSSR count). The molecule has 2 aromatic carbocycles. The van der Waals surface area contributed by atoms with Gasteiger partial charge in [0, 0.05) is 24.3 Å². The zero-order chi connectivity index (χ0) is 20.6. The van der Waals surface area contributed by atoms with Crippen LogP contribution in [0.3, 0.4) is 0 Å². The number of nitrogens with one attached hydrogen (secondary N) is 2. The highest BCUT2D eigenvalue weighted by Crippen LogP contribution is 2.32. The third-order valence-electron chi connectivity index (χ3n) is 5.04. The Labute approximate surface area is 173 Å². The van der Waals surface area contributed by atoms with Gasteiger partial charge in [0.1, 0.15) is 0 Å². The van der Waals surface area contributed by atoms with Gasteiger partial charge in [-0.25, -0.2) is 18.1 Å². The number of sulfonamides is 1. The van der Waals surface area contributed by atoms with Gasteiger partial charge in [0.15, 0.2) is 5.13 Å². The predicted molar refractivity (Wildman–Crippen MR) is 116 cm³/mol. The van der Waals surface area contributed by atoms with E-state index in [0.29, 0.717) is 16.8 Å². The summed E-state index contributed by atoms with van der Waals surface area (Å²) in [6.45, 7) is 3.85. The highest BCUT2D eigenvalue weighted by Gasteiger charge is 2.18. The number of aryl methyl sites for hydroxylation is 1. The van der Waals surface area contributed by atoms with Crippen molar-refractivity contribution in [1.29, 1.82) is 0 Å². The van der Waals surface area contributed by atoms with Crippen LogP contribution in [-0.2, 0) is 10.0 Å². The number of carbonyl (C=O) groups excluding carboxylic acids is 1. The molecule has 1 saturated heterocycles. The van der Waals surface area contributed by atoms with Gasteiger partial charge in [0.25, 0.3) is 5.91 Å². The molecule has 7 nitrogen and oxygen atoms in total. The minimum absolute atomic E-state index is 0.0592. The van der Waals surface area contributed by atoms with Gasteiger partial charge < -0.3 is 10.2 Å². The summed E-state index contributed by atoms with van der Waals surface area (Å²) < 4.78 is 27.4. The highest BCUT2D eigenvalue weighted by molar-refractivity contribution is 7.89. The van der Waals surface area contributed by atoms with Crippen molar-refractivity contribution < 1.29 is 13.2 Å². The van der Waals surface area contributed by atoms with Gasteiger partial charge in [-0.2, -0.15) is 0 Å². The second kappa shape index (κ2) is 7.74. The maximum Gasteiger partial charge on any atom is 0.255 e. The summed E-state index contributed by atoms with van der Waals surface area (Å²) in [7, 11) is -2.28. The standard InChI is InChI=1S/C20H22N4O3S2/c1-13-5-7-15(29(26,27)21-2)12-16(13)19(25)22-14-6-8-17-18(11-14)28-20(23-17)24-9-3-4-10-24/h5-8,11-12,21H,3-4,9-10H2,1-2H3,(H,22,25). The van der Waals surface area contributed by atoms with Gasteiger partial charge in [-0.3, -0.25) is 4.79 Å². The molecule has 0 atom stereocenters. The monoisotopic (exact) mass is 430 g/mol. The maximum absolute atomic E-state index is 12.8. The Hall–Kier alpha value is -2.49. The average Bonchev–Trinajstić information content (AvgIpc) is 3.37. The summed E-state index contributed by atoms with van der Waals surface area (Å²) >= 11 is 1.62. The fraction of sp³-hybridized carbons (Fsp3) is 0.300. The molecule has 0 bridgehead atoms. The van der Waals surface area contributed by atoms with Gasteiger partial charge >= 0.3 is 0 Å². The minimum atomic E-state index is -3.62. The SMILES string of the molecule is CNS(=O)(=O)c1ccc(C)c(C(=O)Nc2ccc3nc(N4CCCC4)sc3c2)c1. The van der Waals surface area contributed by atoms with Gasteiger partial charge in [-0.05, 0) is 62.7 Å². The molecule has 1 amide bonds. The van der Waals surface area contributed by atoms with E-state index in [2.05, 4.69) is 14.9 Å². The number of hydrogen-bond donors (Lipinski definition) is 2. The summed E-state index contributed by atoms with van der Waals surface area (Å²) in [4.78, 5) is 19.9. The lowest BCUT2D eigenvalue weighted by atomic mass is 10.1. The van der Waals surface area contributed by atoms with Gasteiger partial charge in [-0.1, -0.05) is 17.4 Å². The van der Waals surface area contributed by atoms with E-state index in [1.807, 2.05) is 18.2 Å². The van der Waals surface area contributed by atoms with Crippen LogP contribution in [0.4, 0.5) is 10.8 Å². The van der Waals surface area contributed by atoms with Crippen molar-refractivity contribution in [3.8, 4) is 0 Å². The van der Waals surface area contributed by atoms with Gasteiger partial charge in [0.2, 0.25) is 10.0 Å². The summed E-state index contributed by atoms with van der Waals surface area (Å²) in [6, 6.07) is 10.1. The first-order chi connectivity index (χ1) is 13.9. The fourth-order valence-electron chi connectivity index (χ4n) is 3.36. The molecular formula is C20H22N4O3S2. The lowest BCUT2D eigenvalue weighted by molar-refractivity contribution is 0.102. The first-order valence-electron chi connectivity index (χ1n) is 9.38. The first kappa shape index (κ1) is 19.8. The average molecular weight is 431 g/mol. The van der Waals surface area contributed by atoms with Crippen LogP contribution in [0.15, 0.2) is 41.3 Å². The Morgan fingerprint density at radius 3 is 2.62 bits per heavy atom. The zero-order valence-corrected chi connectivity index (χ0v) is 17.9. The Morgan fingerprint density at radius 2 is 1.90 bits per heavy atom. The number of anilines is 2. The van der Waals surface area contributed by atoms with Crippen molar-refractivity contribution in [3.05, 3.63) is 47.5 Å². The Kier molecular flexibility index (Phi) is 5.28. The number of aromatic nitrogens is 1.